The molecule has 0 radical (unpaired) electrons. The Labute approximate surface area is 187 Å². The minimum atomic E-state index is -4.39. The number of alkyl halides is 3. The third-order valence-electron chi connectivity index (χ3n) is 5.21. The molecule has 6 nitrogen and oxygen atoms in total. The first kappa shape index (κ1) is 22.4. The van der Waals surface area contributed by atoms with Gasteiger partial charge in [-0.25, -0.2) is 4.98 Å². The summed E-state index contributed by atoms with van der Waals surface area (Å²) in [5.41, 5.74) is 1.25. The number of ether oxygens (including phenoxy) is 1. The van der Waals surface area contributed by atoms with E-state index < -0.39 is 17.7 Å². The number of benzene rings is 2. The van der Waals surface area contributed by atoms with Crippen LogP contribution in [0.3, 0.4) is 0 Å². The van der Waals surface area contributed by atoms with Crippen molar-refractivity contribution < 1.29 is 32.2 Å². The molecule has 0 saturated heterocycles. The summed E-state index contributed by atoms with van der Waals surface area (Å²) in [6, 6.07) is 12.0. The Morgan fingerprint density at radius 1 is 1.15 bits per heavy atom. The van der Waals surface area contributed by atoms with Gasteiger partial charge in [0.1, 0.15) is 18.1 Å². The van der Waals surface area contributed by atoms with E-state index in [4.69, 9.17) is 14.3 Å². The highest BCUT2D eigenvalue weighted by Crippen LogP contribution is 2.31. The molecule has 4 rings (SSSR count). The van der Waals surface area contributed by atoms with Crippen LogP contribution >= 0.6 is 0 Å². The lowest BCUT2D eigenvalue weighted by atomic mass is 10.1. The van der Waals surface area contributed by atoms with Crippen LogP contribution in [0.15, 0.2) is 59.1 Å². The minimum Gasteiger partial charge on any atom is -0.493 e. The summed E-state index contributed by atoms with van der Waals surface area (Å²) >= 11 is 0. The molecule has 0 amide bonds. The fraction of sp³-hybridized carbons (Fsp3) is 0.250. The minimum absolute atomic E-state index is 0.114. The van der Waals surface area contributed by atoms with Crippen molar-refractivity contribution in [3.8, 4) is 17.2 Å². The maximum atomic E-state index is 12.8. The molecule has 0 fully saturated rings. The van der Waals surface area contributed by atoms with E-state index in [0.29, 0.717) is 42.2 Å². The number of halogens is 3. The summed E-state index contributed by atoms with van der Waals surface area (Å²) in [6.45, 7) is 2.13. The van der Waals surface area contributed by atoms with Gasteiger partial charge in [0.15, 0.2) is 0 Å². The predicted molar refractivity (Wildman–Crippen MR) is 115 cm³/mol. The number of aromatic nitrogens is 2. The monoisotopic (exact) mass is 458 g/mol. The first-order valence-corrected chi connectivity index (χ1v) is 10.3. The van der Waals surface area contributed by atoms with E-state index >= 15 is 0 Å². The van der Waals surface area contributed by atoms with Crippen LogP contribution in [0.4, 0.5) is 13.2 Å². The predicted octanol–water partition coefficient (Wildman–Crippen LogP) is 5.58. The van der Waals surface area contributed by atoms with Gasteiger partial charge in [-0.15, -0.1) is 0 Å². The molecule has 0 aliphatic carbocycles. The highest BCUT2D eigenvalue weighted by molar-refractivity contribution is 5.83. The molecular weight excluding hydrogens is 437 g/mol. The Bertz CT molecular complexity index is 1270. The Kier molecular flexibility index (Phi) is 6.13. The summed E-state index contributed by atoms with van der Waals surface area (Å²) in [7, 11) is 0. The number of hydrogen-bond acceptors (Lipinski definition) is 4. The first-order valence-electron chi connectivity index (χ1n) is 10.3. The van der Waals surface area contributed by atoms with Crippen molar-refractivity contribution in [3.63, 3.8) is 0 Å². The summed E-state index contributed by atoms with van der Waals surface area (Å²) in [6.07, 6.45) is -1.63. The van der Waals surface area contributed by atoms with E-state index in [-0.39, 0.29) is 12.4 Å². The highest BCUT2D eigenvalue weighted by atomic mass is 19.4. The number of nitrogens with zero attached hydrogens (tertiary/aromatic N) is 2. The molecule has 2 heterocycles. The highest BCUT2D eigenvalue weighted by Gasteiger charge is 2.30. The van der Waals surface area contributed by atoms with Gasteiger partial charge in [-0.2, -0.15) is 13.2 Å². The number of rotatable bonds is 8. The van der Waals surface area contributed by atoms with Crippen LogP contribution in [0.2, 0.25) is 0 Å². The van der Waals surface area contributed by atoms with Gasteiger partial charge in [0.25, 0.3) is 0 Å². The molecule has 2 aromatic heterocycles. The Hall–Kier alpha value is -3.75. The molecule has 33 heavy (non-hydrogen) atoms. The fourth-order valence-electron chi connectivity index (χ4n) is 3.60. The zero-order chi connectivity index (χ0) is 23.6. The zero-order valence-corrected chi connectivity index (χ0v) is 17.7. The molecule has 1 N–H and O–H groups in total. The molecular formula is C24H21F3N2O4. The average molecular weight is 458 g/mol. The summed E-state index contributed by atoms with van der Waals surface area (Å²) in [4.78, 5) is 15.4. The maximum absolute atomic E-state index is 12.8. The standard InChI is InChI=1S/C24H21F3N2O4/c1-2-21-19(28-23(33-21)15-3-5-17(6-4-15)24(25,26)27)10-12-32-18-7-8-20-16(13-18)9-11-29(20)14-22(30)31/h3-9,11,13H,2,10,12,14H2,1H3,(H,30,31). The molecule has 0 saturated carbocycles. The zero-order valence-electron chi connectivity index (χ0n) is 17.7. The van der Waals surface area contributed by atoms with Crippen molar-refractivity contribution in [2.24, 2.45) is 0 Å². The molecule has 0 unspecified atom stereocenters. The quantitative estimate of drug-likeness (QED) is 0.373. The Morgan fingerprint density at radius 2 is 1.91 bits per heavy atom. The smallest absolute Gasteiger partial charge is 0.416 e. The largest absolute Gasteiger partial charge is 0.493 e. The van der Waals surface area contributed by atoms with Crippen molar-refractivity contribution in [3.05, 3.63) is 71.7 Å². The summed E-state index contributed by atoms with van der Waals surface area (Å²) in [5, 5.41) is 9.85. The molecule has 9 heteroatoms. The van der Waals surface area contributed by atoms with Crippen LogP contribution in [0.1, 0.15) is 23.9 Å². The summed E-state index contributed by atoms with van der Waals surface area (Å²) in [5.74, 6) is 0.661. The second kappa shape index (κ2) is 9.01. The van der Waals surface area contributed by atoms with E-state index in [2.05, 4.69) is 4.98 Å². The van der Waals surface area contributed by atoms with Crippen molar-refractivity contribution >= 4 is 16.9 Å². The molecule has 0 bridgehead atoms. The van der Waals surface area contributed by atoms with Gasteiger partial charge >= 0.3 is 12.1 Å². The maximum Gasteiger partial charge on any atom is 0.416 e. The summed E-state index contributed by atoms with van der Waals surface area (Å²) < 4.78 is 51.6. The van der Waals surface area contributed by atoms with E-state index in [0.717, 1.165) is 23.0 Å². The van der Waals surface area contributed by atoms with Crippen molar-refractivity contribution in [2.75, 3.05) is 6.61 Å². The molecule has 2 aromatic carbocycles. The van der Waals surface area contributed by atoms with Gasteiger partial charge in [-0.1, -0.05) is 6.92 Å². The number of aliphatic carboxylic acids is 1. The van der Waals surface area contributed by atoms with Crippen molar-refractivity contribution in [1.82, 2.24) is 9.55 Å². The lowest BCUT2D eigenvalue weighted by Crippen LogP contribution is -2.07. The second-order valence-corrected chi connectivity index (χ2v) is 7.47. The third kappa shape index (κ3) is 5.02. The molecule has 0 aliphatic rings. The Balaban J connectivity index is 1.43. The van der Waals surface area contributed by atoms with Gasteiger partial charge in [0.2, 0.25) is 5.89 Å². The van der Waals surface area contributed by atoms with Gasteiger partial charge in [-0.05, 0) is 48.5 Å². The number of fused-ring (bicyclic) bond motifs is 1. The molecule has 0 aliphatic heterocycles. The molecule has 172 valence electrons. The molecule has 4 aromatic rings. The van der Waals surface area contributed by atoms with E-state index in [1.54, 1.807) is 16.8 Å². The van der Waals surface area contributed by atoms with Crippen molar-refractivity contribution in [1.29, 1.82) is 0 Å². The van der Waals surface area contributed by atoms with Gasteiger partial charge in [0.05, 0.1) is 17.9 Å². The second-order valence-electron chi connectivity index (χ2n) is 7.47. The SMILES string of the molecule is CCc1oc(-c2ccc(C(F)(F)F)cc2)nc1CCOc1ccc2c(ccn2CC(=O)O)c1. The number of carboxylic acids is 1. The van der Waals surface area contributed by atoms with Crippen LogP contribution in [0.25, 0.3) is 22.4 Å². The van der Waals surface area contributed by atoms with Crippen LogP contribution in [0, 0.1) is 0 Å². The van der Waals surface area contributed by atoms with Crippen LogP contribution < -0.4 is 4.74 Å². The number of carbonyl (C=O) groups is 1. The lowest BCUT2D eigenvalue weighted by Gasteiger charge is -2.07. The normalized spacial score (nSPS) is 11.8. The van der Waals surface area contributed by atoms with Gasteiger partial charge < -0.3 is 18.8 Å². The van der Waals surface area contributed by atoms with Crippen LogP contribution in [0.5, 0.6) is 5.75 Å². The van der Waals surface area contributed by atoms with Gasteiger partial charge in [-0.3, -0.25) is 4.79 Å². The van der Waals surface area contributed by atoms with Gasteiger partial charge in [0, 0.05) is 35.5 Å². The number of oxazole rings is 1. The Morgan fingerprint density at radius 3 is 2.58 bits per heavy atom. The number of carboxylic acid groups (broad SMARTS) is 1. The average Bonchev–Trinajstić information content (AvgIpc) is 3.37. The fourth-order valence-corrected chi connectivity index (χ4v) is 3.60. The van der Waals surface area contributed by atoms with Crippen molar-refractivity contribution in [2.45, 2.75) is 32.5 Å². The topological polar surface area (TPSA) is 77.5 Å². The third-order valence-corrected chi connectivity index (χ3v) is 5.21. The lowest BCUT2D eigenvalue weighted by molar-refractivity contribution is -0.138. The van der Waals surface area contributed by atoms with Crippen LogP contribution in [-0.4, -0.2) is 27.2 Å². The molecule has 0 atom stereocenters. The number of hydrogen-bond donors (Lipinski definition) is 1. The van der Waals surface area contributed by atoms with E-state index in [1.807, 2.05) is 25.1 Å². The van der Waals surface area contributed by atoms with E-state index in [1.165, 1.54) is 12.1 Å². The number of aryl methyl sites for hydroxylation is 1. The van der Waals surface area contributed by atoms with E-state index in [9.17, 15) is 18.0 Å². The van der Waals surface area contributed by atoms with Crippen LogP contribution in [-0.2, 0) is 30.4 Å². The molecule has 0 spiro atoms. The first-order chi connectivity index (χ1) is 15.7.